The number of nitrogens with one attached hydrogen (secondary N) is 1. The molecule has 90 valence electrons. The molecule has 0 spiro atoms. The molecule has 1 aromatic heterocycles. The number of halogens is 1. The van der Waals surface area contributed by atoms with Crippen molar-refractivity contribution in [1.29, 1.82) is 0 Å². The van der Waals surface area contributed by atoms with Gasteiger partial charge in [-0.05, 0) is 36.2 Å². The lowest BCUT2D eigenvalue weighted by Crippen LogP contribution is -2.44. The van der Waals surface area contributed by atoms with E-state index in [0.717, 1.165) is 6.42 Å². The summed E-state index contributed by atoms with van der Waals surface area (Å²) in [5.41, 5.74) is 5.37. The van der Waals surface area contributed by atoms with Gasteiger partial charge in [0.15, 0.2) is 5.82 Å². The number of hydrogen-bond acceptors (Lipinski definition) is 3. The third-order valence-corrected chi connectivity index (χ3v) is 3.02. The standard InChI is InChI=1S/C10H17BrN4O/c1-4-10(2,3)13-8(16)6-15-5-7(11)9(12)14-15/h5H,4,6H2,1-3H3,(H2,12,14)(H,13,16). The normalized spacial score (nSPS) is 11.5. The average molecular weight is 289 g/mol. The van der Waals surface area contributed by atoms with Crippen LogP contribution in [0.1, 0.15) is 27.2 Å². The van der Waals surface area contributed by atoms with Crippen LogP contribution in [-0.2, 0) is 11.3 Å². The molecule has 0 aliphatic heterocycles. The molecule has 0 bridgehead atoms. The summed E-state index contributed by atoms with van der Waals surface area (Å²) in [4.78, 5) is 11.7. The molecule has 5 nitrogen and oxygen atoms in total. The van der Waals surface area contributed by atoms with Crippen LogP contribution in [0.2, 0.25) is 0 Å². The van der Waals surface area contributed by atoms with Gasteiger partial charge < -0.3 is 11.1 Å². The predicted octanol–water partition coefficient (Wildman–Crippen LogP) is 1.53. The second-order valence-electron chi connectivity index (χ2n) is 4.35. The van der Waals surface area contributed by atoms with Crippen molar-refractivity contribution < 1.29 is 4.79 Å². The third kappa shape index (κ3) is 3.52. The van der Waals surface area contributed by atoms with Crippen molar-refractivity contribution in [1.82, 2.24) is 15.1 Å². The Morgan fingerprint density at radius 3 is 2.75 bits per heavy atom. The SMILES string of the molecule is CCC(C)(C)NC(=O)Cn1cc(Br)c(N)n1. The molecule has 0 saturated heterocycles. The van der Waals surface area contributed by atoms with Gasteiger partial charge in [-0.25, -0.2) is 0 Å². The van der Waals surface area contributed by atoms with E-state index in [1.54, 1.807) is 6.20 Å². The van der Waals surface area contributed by atoms with Gasteiger partial charge in [0.2, 0.25) is 5.91 Å². The molecule has 0 fully saturated rings. The third-order valence-electron chi connectivity index (χ3n) is 2.41. The molecule has 6 heteroatoms. The van der Waals surface area contributed by atoms with E-state index < -0.39 is 0 Å². The summed E-state index contributed by atoms with van der Waals surface area (Å²) in [5.74, 6) is 0.324. The van der Waals surface area contributed by atoms with E-state index in [9.17, 15) is 4.79 Å². The number of nitrogens with zero attached hydrogens (tertiary/aromatic N) is 2. The minimum Gasteiger partial charge on any atom is -0.381 e. The smallest absolute Gasteiger partial charge is 0.242 e. The van der Waals surface area contributed by atoms with Gasteiger partial charge in [-0.1, -0.05) is 6.92 Å². The van der Waals surface area contributed by atoms with Crippen LogP contribution in [0, 0.1) is 0 Å². The molecule has 0 aliphatic rings. The first kappa shape index (κ1) is 13.0. The highest BCUT2D eigenvalue weighted by Gasteiger charge is 2.18. The number of nitrogen functional groups attached to an aromatic ring is 1. The van der Waals surface area contributed by atoms with Crippen LogP contribution in [-0.4, -0.2) is 21.2 Å². The zero-order chi connectivity index (χ0) is 12.3. The summed E-state index contributed by atoms with van der Waals surface area (Å²) in [7, 11) is 0. The van der Waals surface area contributed by atoms with Gasteiger partial charge in [-0.3, -0.25) is 9.48 Å². The van der Waals surface area contributed by atoms with E-state index in [-0.39, 0.29) is 18.0 Å². The minimum absolute atomic E-state index is 0.0677. The van der Waals surface area contributed by atoms with Crippen molar-refractivity contribution in [3.05, 3.63) is 10.7 Å². The van der Waals surface area contributed by atoms with Crippen molar-refractivity contribution in [2.45, 2.75) is 39.3 Å². The average Bonchev–Trinajstić information content (AvgIpc) is 2.44. The Morgan fingerprint density at radius 2 is 2.31 bits per heavy atom. The van der Waals surface area contributed by atoms with E-state index in [4.69, 9.17) is 5.73 Å². The largest absolute Gasteiger partial charge is 0.381 e. The Kier molecular flexibility index (Phi) is 3.96. The molecule has 3 N–H and O–H groups in total. The highest BCUT2D eigenvalue weighted by molar-refractivity contribution is 9.10. The fourth-order valence-corrected chi connectivity index (χ4v) is 1.46. The van der Waals surface area contributed by atoms with Gasteiger partial charge >= 0.3 is 0 Å². The first-order valence-electron chi connectivity index (χ1n) is 5.13. The van der Waals surface area contributed by atoms with E-state index in [0.29, 0.717) is 10.3 Å². The molecule has 0 unspecified atom stereocenters. The van der Waals surface area contributed by atoms with Gasteiger partial charge in [-0.15, -0.1) is 0 Å². The van der Waals surface area contributed by atoms with Crippen molar-refractivity contribution in [3.8, 4) is 0 Å². The molecule has 1 amide bonds. The Morgan fingerprint density at radius 1 is 1.69 bits per heavy atom. The number of hydrogen-bond donors (Lipinski definition) is 2. The molecular weight excluding hydrogens is 272 g/mol. The molecule has 0 radical (unpaired) electrons. The minimum atomic E-state index is -0.187. The maximum atomic E-state index is 11.7. The molecule has 0 saturated carbocycles. The summed E-state index contributed by atoms with van der Waals surface area (Å²) in [6, 6.07) is 0. The number of aromatic nitrogens is 2. The molecule has 0 aromatic carbocycles. The van der Waals surface area contributed by atoms with E-state index in [1.165, 1.54) is 4.68 Å². The van der Waals surface area contributed by atoms with E-state index >= 15 is 0 Å². The van der Waals surface area contributed by atoms with Crippen LogP contribution < -0.4 is 11.1 Å². The number of amides is 1. The van der Waals surface area contributed by atoms with Gasteiger partial charge in [0.25, 0.3) is 0 Å². The fraction of sp³-hybridized carbons (Fsp3) is 0.600. The predicted molar refractivity (Wildman–Crippen MR) is 66.9 cm³/mol. The zero-order valence-electron chi connectivity index (χ0n) is 9.75. The first-order chi connectivity index (χ1) is 7.34. The van der Waals surface area contributed by atoms with Crippen molar-refractivity contribution >= 4 is 27.7 Å². The van der Waals surface area contributed by atoms with Crippen LogP contribution in [0.15, 0.2) is 10.7 Å². The number of carbonyl (C=O) groups excluding carboxylic acids is 1. The van der Waals surface area contributed by atoms with Crippen LogP contribution in [0.3, 0.4) is 0 Å². The topological polar surface area (TPSA) is 72.9 Å². The number of carbonyl (C=O) groups is 1. The quantitative estimate of drug-likeness (QED) is 0.883. The second-order valence-corrected chi connectivity index (χ2v) is 5.20. The fourth-order valence-electron chi connectivity index (χ4n) is 1.15. The van der Waals surface area contributed by atoms with Gasteiger partial charge in [0, 0.05) is 11.7 Å². The van der Waals surface area contributed by atoms with Gasteiger partial charge in [0.05, 0.1) is 4.47 Å². The Labute approximate surface area is 104 Å². The van der Waals surface area contributed by atoms with Crippen molar-refractivity contribution in [3.63, 3.8) is 0 Å². The Hall–Kier alpha value is -1.04. The molecule has 1 heterocycles. The number of anilines is 1. The van der Waals surface area contributed by atoms with Crippen molar-refractivity contribution in [2.75, 3.05) is 5.73 Å². The van der Waals surface area contributed by atoms with Crippen LogP contribution in [0.25, 0.3) is 0 Å². The lowest BCUT2D eigenvalue weighted by molar-refractivity contribution is -0.123. The summed E-state index contributed by atoms with van der Waals surface area (Å²) >= 11 is 3.24. The van der Waals surface area contributed by atoms with Crippen LogP contribution in [0.4, 0.5) is 5.82 Å². The van der Waals surface area contributed by atoms with Crippen LogP contribution in [0.5, 0.6) is 0 Å². The highest BCUT2D eigenvalue weighted by Crippen LogP contribution is 2.16. The van der Waals surface area contributed by atoms with Crippen molar-refractivity contribution in [2.24, 2.45) is 0 Å². The number of nitrogens with two attached hydrogens (primary N) is 1. The van der Waals surface area contributed by atoms with Gasteiger partial charge in [-0.2, -0.15) is 5.10 Å². The highest BCUT2D eigenvalue weighted by atomic mass is 79.9. The maximum Gasteiger partial charge on any atom is 0.242 e. The van der Waals surface area contributed by atoms with Crippen LogP contribution >= 0.6 is 15.9 Å². The molecule has 0 atom stereocenters. The Balaban J connectivity index is 2.58. The zero-order valence-corrected chi connectivity index (χ0v) is 11.3. The summed E-state index contributed by atoms with van der Waals surface area (Å²) in [5, 5.41) is 6.92. The summed E-state index contributed by atoms with van der Waals surface area (Å²) in [6.07, 6.45) is 2.57. The number of rotatable bonds is 4. The lowest BCUT2D eigenvalue weighted by atomic mass is 10.0. The maximum absolute atomic E-state index is 11.7. The molecule has 0 aliphatic carbocycles. The van der Waals surface area contributed by atoms with E-state index in [1.807, 2.05) is 20.8 Å². The molecule has 16 heavy (non-hydrogen) atoms. The summed E-state index contributed by atoms with van der Waals surface area (Å²) < 4.78 is 2.22. The molecule has 1 aromatic rings. The molecular formula is C10H17BrN4O. The second kappa shape index (κ2) is 4.86. The van der Waals surface area contributed by atoms with E-state index in [2.05, 4.69) is 26.3 Å². The van der Waals surface area contributed by atoms with Gasteiger partial charge in [0.1, 0.15) is 6.54 Å². The lowest BCUT2D eigenvalue weighted by Gasteiger charge is -2.24. The Bertz CT molecular complexity index is 367. The first-order valence-corrected chi connectivity index (χ1v) is 5.93. The molecule has 1 rings (SSSR count). The summed E-state index contributed by atoms with van der Waals surface area (Å²) in [6.45, 7) is 6.18. The monoisotopic (exact) mass is 288 g/mol.